The normalized spacial score (nSPS) is 12.5. The summed E-state index contributed by atoms with van der Waals surface area (Å²) in [5, 5.41) is 9.91. The molecule has 3 nitrogen and oxygen atoms in total. The number of nitrogens with zero attached hydrogens (tertiary/aromatic N) is 1. The largest absolute Gasteiger partial charge is 0.355 e. The fourth-order valence-corrected chi connectivity index (χ4v) is 10.4. The topological polar surface area (TPSA) is 27.3 Å². The Morgan fingerprint density at radius 2 is 0.714 bits per heavy atom. The molecule has 0 saturated carbocycles. The molecule has 0 saturated heterocycles. The second-order valence-corrected chi connectivity index (χ2v) is 18.7. The van der Waals surface area contributed by atoms with Crippen molar-refractivity contribution in [3.8, 4) is 55.6 Å². The Bertz CT molecular complexity index is 3470. The van der Waals surface area contributed by atoms with Gasteiger partial charge in [-0.2, -0.15) is 0 Å². The van der Waals surface area contributed by atoms with Crippen LogP contribution in [0.25, 0.3) is 66.4 Å². The van der Waals surface area contributed by atoms with E-state index in [9.17, 15) is 0 Å². The van der Waals surface area contributed by atoms with Crippen LogP contribution in [-0.4, -0.2) is 0 Å². The number of rotatable bonds is 10. The van der Waals surface area contributed by atoms with Crippen molar-refractivity contribution in [2.45, 2.75) is 19.3 Å². The highest BCUT2D eigenvalue weighted by Crippen LogP contribution is 2.54. The van der Waals surface area contributed by atoms with Crippen LogP contribution in [0, 0.1) is 0 Å². The van der Waals surface area contributed by atoms with Crippen molar-refractivity contribution in [2.24, 2.45) is 0 Å². The van der Waals surface area contributed by atoms with Gasteiger partial charge in [-0.25, -0.2) is 0 Å². The smallest absolute Gasteiger partial charge is 0.0503 e. The summed E-state index contributed by atoms with van der Waals surface area (Å²) in [5.41, 5.74) is 21.7. The third kappa shape index (κ3) is 7.98. The van der Waals surface area contributed by atoms with E-state index in [2.05, 4.69) is 290 Å². The monoisotopic (exact) mass is 897 g/mol. The summed E-state index contributed by atoms with van der Waals surface area (Å²) in [6, 6.07) is 94.4. The first-order valence-electron chi connectivity index (χ1n) is 24.2. The number of anilines is 7. The molecule has 0 bridgehead atoms. The zero-order valence-corrected chi connectivity index (χ0v) is 39.3. The van der Waals surface area contributed by atoms with Gasteiger partial charge in [-0.3, -0.25) is 0 Å². The minimum absolute atomic E-state index is 0.357. The average molecular weight is 898 g/mol. The van der Waals surface area contributed by atoms with Gasteiger partial charge in [0.15, 0.2) is 0 Å². The van der Waals surface area contributed by atoms with Gasteiger partial charge in [-0.05, 0) is 151 Å². The van der Waals surface area contributed by atoms with Crippen molar-refractivity contribution in [1.29, 1.82) is 0 Å². The fourth-order valence-electron chi connectivity index (χ4n) is 10.4. The first-order valence-corrected chi connectivity index (χ1v) is 24.2. The molecule has 334 valence electrons. The molecule has 70 heavy (non-hydrogen) atoms. The summed E-state index contributed by atoms with van der Waals surface area (Å²) in [7, 11) is 0. The van der Waals surface area contributed by atoms with Crippen LogP contribution in [-0.2, 0) is 5.41 Å². The van der Waals surface area contributed by atoms with E-state index in [0.29, 0.717) is 0 Å². The van der Waals surface area contributed by atoms with Crippen LogP contribution in [0.15, 0.2) is 261 Å². The molecule has 3 heteroatoms. The lowest BCUT2D eigenvalue weighted by Gasteiger charge is -2.42. The fraction of sp³-hybridized carbons (Fsp3) is 0.0448. The lowest BCUT2D eigenvalue weighted by Crippen LogP contribution is -2.30. The second-order valence-electron chi connectivity index (χ2n) is 18.7. The molecule has 0 unspecified atom stereocenters. The lowest BCUT2D eigenvalue weighted by molar-refractivity contribution is 0.632. The molecule has 1 aliphatic heterocycles. The minimum atomic E-state index is -0.357. The van der Waals surface area contributed by atoms with Crippen LogP contribution in [0.4, 0.5) is 39.8 Å². The SMILES string of the molecule is CC1(C)c2cc(-c3ccc(Nc4ccccc4)c(-c4ccccc4)c3)ccc2N(c2ccc(-c3cccc4ccccc34)cc2)c2ccc(-c3ccc(Nc4ccccc4)c(-c4ccccc4)c3)cc21. The zero-order chi connectivity index (χ0) is 47.0. The van der Waals surface area contributed by atoms with E-state index in [0.717, 1.165) is 39.6 Å². The average Bonchev–Trinajstić information content (AvgIpc) is 3.42. The van der Waals surface area contributed by atoms with Gasteiger partial charge in [-0.15, -0.1) is 0 Å². The molecular formula is C67H51N3. The van der Waals surface area contributed by atoms with Crippen molar-refractivity contribution in [1.82, 2.24) is 0 Å². The molecule has 11 aromatic rings. The standard InChI is InChI=1S/C67H51N3/c1-67(2)61-44-52(50-32-38-63(68-54-24-11-5-12-25-54)59(42-50)47-18-7-3-8-19-47)34-40-65(61)70(56-36-30-49(31-37-56)58-29-17-23-46-22-15-16-28-57(46)58)66-41-35-53(45-62(66)67)51-33-39-64(69-55-26-13-6-14-27-55)60(43-51)48-20-9-4-10-21-48/h3-45,68-69H,1-2H3. The van der Waals surface area contributed by atoms with Gasteiger partial charge < -0.3 is 15.5 Å². The minimum Gasteiger partial charge on any atom is -0.355 e. The molecule has 0 fully saturated rings. The van der Waals surface area contributed by atoms with Crippen LogP contribution < -0.4 is 15.5 Å². The molecular weight excluding hydrogens is 847 g/mol. The van der Waals surface area contributed by atoms with E-state index in [1.165, 1.54) is 77.8 Å². The van der Waals surface area contributed by atoms with Crippen molar-refractivity contribution in [2.75, 3.05) is 15.5 Å². The van der Waals surface area contributed by atoms with E-state index >= 15 is 0 Å². The first kappa shape index (κ1) is 42.4. The molecule has 12 rings (SSSR count). The summed E-state index contributed by atoms with van der Waals surface area (Å²) in [6.07, 6.45) is 0. The Labute approximate surface area is 411 Å². The predicted molar refractivity (Wildman–Crippen MR) is 297 cm³/mol. The van der Waals surface area contributed by atoms with E-state index in [4.69, 9.17) is 0 Å². The van der Waals surface area contributed by atoms with E-state index in [1.54, 1.807) is 0 Å². The third-order valence-corrected chi connectivity index (χ3v) is 14.0. The van der Waals surface area contributed by atoms with Crippen molar-refractivity contribution in [3.05, 3.63) is 272 Å². The number of para-hydroxylation sites is 2. The highest BCUT2D eigenvalue weighted by atomic mass is 15.2. The molecule has 0 atom stereocenters. The highest BCUT2D eigenvalue weighted by molar-refractivity contribution is 5.98. The summed E-state index contributed by atoms with van der Waals surface area (Å²) in [5.74, 6) is 0. The van der Waals surface area contributed by atoms with Gasteiger partial charge in [0.2, 0.25) is 0 Å². The molecule has 2 N–H and O–H groups in total. The van der Waals surface area contributed by atoms with Crippen molar-refractivity contribution < 1.29 is 0 Å². The van der Waals surface area contributed by atoms with E-state index in [1.807, 2.05) is 0 Å². The summed E-state index contributed by atoms with van der Waals surface area (Å²) in [4.78, 5) is 2.47. The molecule has 11 aromatic carbocycles. The van der Waals surface area contributed by atoms with E-state index < -0.39 is 0 Å². The van der Waals surface area contributed by atoms with Gasteiger partial charge >= 0.3 is 0 Å². The van der Waals surface area contributed by atoms with Gasteiger partial charge in [0.1, 0.15) is 0 Å². The third-order valence-electron chi connectivity index (χ3n) is 14.0. The van der Waals surface area contributed by atoms with Crippen LogP contribution in [0.5, 0.6) is 0 Å². The molecule has 0 spiro atoms. The predicted octanol–water partition coefficient (Wildman–Crippen LogP) is 18.8. The lowest BCUT2D eigenvalue weighted by atomic mass is 9.72. The Hall–Kier alpha value is -8.92. The summed E-state index contributed by atoms with van der Waals surface area (Å²) >= 11 is 0. The van der Waals surface area contributed by atoms with Crippen LogP contribution in [0.3, 0.4) is 0 Å². The maximum atomic E-state index is 3.71. The maximum absolute atomic E-state index is 3.71. The molecule has 1 aliphatic rings. The Morgan fingerprint density at radius 3 is 1.23 bits per heavy atom. The van der Waals surface area contributed by atoms with Crippen LogP contribution >= 0.6 is 0 Å². The number of benzene rings is 11. The molecule has 1 heterocycles. The van der Waals surface area contributed by atoms with E-state index in [-0.39, 0.29) is 5.41 Å². The van der Waals surface area contributed by atoms with Crippen molar-refractivity contribution >= 4 is 50.6 Å². The molecule has 0 amide bonds. The second kappa shape index (κ2) is 18.0. The molecule has 0 radical (unpaired) electrons. The number of hydrogen-bond donors (Lipinski definition) is 2. The highest BCUT2D eigenvalue weighted by Gasteiger charge is 2.37. The van der Waals surface area contributed by atoms with Gasteiger partial charge in [0, 0.05) is 45.0 Å². The maximum Gasteiger partial charge on any atom is 0.0503 e. The van der Waals surface area contributed by atoms with Gasteiger partial charge in [0.05, 0.1) is 11.4 Å². The Balaban J connectivity index is 0.993. The van der Waals surface area contributed by atoms with Crippen LogP contribution in [0.2, 0.25) is 0 Å². The quantitative estimate of drug-likeness (QED) is 0.143. The molecule has 0 aliphatic carbocycles. The molecule has 0 aromatic heterocycles. The van der Waals surface area contributed by atoms with Crippen LogP contribution in [0.1, 0.15) is 25.0 Å². The summed E-state index contributed by atoms with van der Waals surface area (Å²) in [6.45, 7) is 4.79. The summed E-state index contributed by atoms with van der Waals surface area (Å²) < 4.78 is 0. The Morgan fingerprint density at radius 1 is 0.314 bits per heavy atom. The van der Waals surface area contributed by atoms with Crippen molar-refractivity contribution in [3.63, 3.8) is 0 Å². The number of fused-ring (bicyclic) bond motifs is 3. The Kier molecular flexibility index (Phi) is 10.9. The number of hydrogen-bond acceptors (Lipinski definition) is 3. The van der Waals surface area contributed by atoms with Gasteiger partial charge in [0.25, 0.3) is 0 Å². The van der Waals surface area contributed by atoms with Gasteiger partial charge in [-0.1, -0.05) is 190 Å². The first-order chi connectivity index (χ1) is 34.4. The number of nitrogens with one attached hydrogen (secondary N) is 2. The zero-order valence-electron chi connectivity index (χ0n) is 39.3.